The summed E-state index contributed by atoms with van der Waals surface area (Å²) in [7, 11) is 0. The Morgan fingerprint density at radius 3 is 2.56 bits per heavy atom. The second kappa shape index (κ2) is 8.61. The van der Waals surface area contributed by atoms with Crippen molar-refractivity contribution in [3.05, 3.63) is 58.6 Å². The Hall–Kier alpha value is -2.97. The topological polar surface area (TPSA) is 117 Å². The molecular weight excluding hydrogens is 350 g/mol. The Bertz CT molecular complexity index is 803. The maximum atomic E-state index is 12.4. The maximum Gasteiger partial charge on any atom is 0.269 e. The lowest BCUT2D eigenvalue weighted by Gasteiger charge is -2.26. The number of nitro groups is 1. The molecule has 1 aliphatic rings. The molecule has 0 bridgehead atoms. The number of hydrogen-bond donors (Lipinski definition) is 2. The van der Waals surface area contributed by atoms with Crippen LogP contribution in [0.2, 0.25) is 0 Å². The van der Waals surface area contributed by atoms with Gasteiger partial charge in [-0.25, -0.2) is 0 Å². The largest absolute Gasteiger partial charge is 0.457 e. The van der Waals surface area contributed by atoms with Crippen LogP contribution in [-0.2, 0) is 9.53 Å². The molecule has 0 aliphatic carbocycles. The van der Waals surface area contributed by atoms with E-state index in [0.29, 0.717) is 30.4 Å². The zero-order valence-electron chi connectivity index (χ0n) is 14.7. The molecule has 1 fully saturated rings. The van der Waals surface area contributed by atoms with Gasteiger partial charge in [0.05, 0.1) is 11.0 Å². The molecule has 1 amide bonds. The van der Waals surface area contributed by atoms with Crippen LogP contribution in [0.1, 0.15) is 12.8 Å². The van der Waals surface area contributed by atoms with Gasteiger partial charge in [-0.05, 0) is 43.0 Å². The third kappa shape index (κ3) is 5.02. The Morgan fingerprint density at radius 1 is 1.19 bits per heavy atom. The van der Waals surface area contributed by atoms with E-state index in [1.807, 2.05) is 0 Å². The summed E-state index contributed by atoms with van der Waals surface area (Å²) in [5.74, 6) is 0.831. The Kier molecular flexibility index (Phi) is 6.00. The minimum Gasteiger partial charge on any atom is -0.457 e. The van der Waals surface area contributed by atoms with E-state index in [-0.39, 0.29) is 17.5 Å². The van der Waals surface area contributed by atoms with E-state index in [2.05, 4.69) is 5.32 Å². The molecule has 1 saturated heterocycles. The van der Waals surface area contributed by atoms with Crippen LogP contribution in [0.25, 0.3) is 0 Å². The zero-order valence-corrected chi connectivity index (χ0v) is 14.7. The highest BCUT2D eigenvalue weighted by Gasteiger charge is 2.26. The molecule has 2 aromatic carbocycles. The second-order valence-electron chi connectivity index (χ2n) is 6.35. The molecule has 0 radical (unpaired) electrons. The maximum absolute atomic E-state index is 12.4. The molecular formula is C19H21N3O5. The lowest BCUT2D eigenvalue weighted by Crippen LogP contribution is -2.43. The number of nitrogens with two attached hydrogens (primary N) is 1. The first kappa shape index (κ1) is 18.8. The normalized spacial score (nSPS) is 15.7. The number of rotatable bonds is 6. The Morgan fingerprint density at radius 2 is 1.89 bits per heavy atom. The van der Waals surface area contributed by atoms with Gasteiger partial charge in [0.2, 0.25) is 5.91 Å². The number of carbonyl (C=O) groups excluding carboxylic acids is 1. The summed E-state index contributed by atoms with van der Waals surface area (Å²) in [4.78, 5) is 22.6. The summed E-state index contributed by atoms with van der Waals surface area (Å²) < 4.78 is 11.0. The number of anilines is 1. The predicted molar refractivity (Wildman–Crippen MR) is 99.8 cm³/mol. The van der Waals surface area contributed by atoms with Gasteiger partial charge >= 0.3 is 0 Å². The highest BCUT2D eigenvalue weighted by Crippen LogP contribution is 2.26. The highest BCUT2D eigenvalue weighted by molar-refractivity contribution is 5.95. The van der Waals surface area contributed by atoms with E-state index < -0.39 is 11.0 Å². The molecule has 1 heterocycles. The van der Waals surface area contributed by atoms with E-state index in [4.69, 9.17) is 15.2 Å². The number of amides is 1. The van der Waals surface area contributed by atoms with Gasteiger partial charge in [-0.15, -0.1) is 0 Å². The minimum atomic E-state index is -0.590. The third-order valence-electron chi connectivity index (χ3n) is 4.46. The molecule has 1 aliphatic heterocycles. The summed E-state index contributed by atoms with van der Waals surface area (Å²) >= 11 is 0. The van der Waals surface area contributed by atoms with Crippen LogP contribution >= 0.6 is 0 Å². The van der Waals surface area contributed by atoms with Crippen LogP contribution in [0, 0.1) is 16.0 Å². The molecule has 2 aromatic rings. The molecule has 3 rings (SSSR count). The van der Waals surface area contributed by atoms with E-state index in [9.17, 15) is 14.9 Å². The van der Waals surface area contributed by atoms with Gasteiger partial charge in [-0.3, -0.25) is 14.9 Å². The summed E-state index contributed by atoms with van der Waals surface area (Å²) in [5.41, 5.74) is 6.65. The third-order valence-corrected chi connectivity index (χ3v) is 4.46. The SMILES string of the molecule is NC(C(=O)Nc1cccc(Oc2ccc([N+](=O)[O-])cc2)c1)C1CCOCC1. The number of nitrogens with zero attached hydrogens (tertiary/aromatic N) is 1. The summed E-state index contributed by atoms with van der Waals surface area (Å²) in [5, 5.41) is 13.5. The first-order chi connectivity index (χ1) is 13.0. The van der Waals surface area contributed by atoms with Gasteiger partial charge < -0.3 is 20.5 Å². The van der Waals surface area contributed by atoms with E-state index >= 15 is 0 Å². The smallest absolute Gasteiger partial charge is 0.269 e. The van der Waals surface area contributed by atoms with E-state index in [1.54, 1.807) is 24.3 Å². The van der Waals surface area contributed by atoms with Crippen molar-refractivity contribution in [3.8, 4) is 11.5 Å². The van der Waals surface area contributed by atoms with Crippen LogP contribution in [0.4, 0.5) is 11.4 Å². The first-order valence-corrected chi connectivity index (χ1v) is 8.69. The number of hydrogen-bond acceptors (Lipinski definition) is 6. The molecule has 1 atom stereocenters. The van der Waals surface area contributed by atoms with Crippen molar-refractivity contribution in [3.63, 3.8) is 0 Å². The number of nitrogens with one attached hydrogen (secondary N) is 1. The number of carbonyl (C=O) groups is 1. The Labute approximate surface area is 156 Å². The standard InChI is InChI=1S/C19H21N3O5/c20-18(13-8-10-26-11-9-13)19(23)21-14-2-1-3-17(12-14)27-16-6-4-15(5-7-16)22(24)25/h1-7,12-13,18H,8-11,20H2,(H,21,23). The summed E-state index contributed by atoms with van der Waals surface area (Å²) in [6, 6.07) is 12.1. The molecule has 0 saturated carbocycles. The van der Waals surface area contributed by atoms with Crippen molar-refractivity contribution in [2.24, 2.45) is 11.7 Å². The van der Waals surface area contributed by atoms with Crippen LogP contribution in [-0.4, -0.2) is 30.1 Å². The average Bonchev–Trinajstić information content (AvgIpc) is 2.68. The number of non-ortho nitro benzene ring substituents is 1. The van der Waals surface area contributed by atoms with Crippen molar-refractivity contribution in [2.75, 3.05) is 18.5 Å². The summed E-state index contributed by atoms with van der Waals surface area (Å²) in [6.45, 7) is 1.26. The molecule has 142 valence electrons. The van der Waals surface area contributed by atoms with Gasteiger partial charge in [0.1, 0.15) is 11.5 Å². The number of ether oxygens (including phenoxy) is 2. The molecule has 3 N–H and O–H groups in total. The fourth-order valence-electron chi connectivity index (χ4n) is 2.92. The average molecular weight is 371 g/mol. The first-order valence-electron chi connectivity index (χ1n) is 8.69. The lowest BCUT2D eigenvalue weighted by molar-refractivity contribution is -0.384. The fourth-order valence-corrected chi connectivity index (χ4v) is 2.92. The molecule has 8 heteroatoms. The molecule has 0 aromatic heterocycles. The van der Waals surface area contributed by atoms with Gasteiger partial charge in [0, 0.05) is 37.1 Å². The molecule has 27 heavy (non-hydrogen) atoms. The van der Waals surface area contributed by atoms with Crippen molar-refractivity contribution in [1.29, 1.82) is 0 Å². The van der Waals surface area contributed by atoms with Crippen molar-refractivity contribution < 1.29 is 19.2 Å². The van der Waals surface area contributed by atoms with Crippen molar-refractivity contribution in [2.45, 2.75) is 18.9 Å². The van der Waals surface area contributed by atoms with Crippen molar-refractivity contribution >= 4 is 17.3 Å². The van der Waals surface area contributed by atoms with Gasteiger partial charge in [-0.1, -0.05) is 6.07 Å². The number of nitro benzene ring substituents is 1. The zero-order chi connectivity index (χ0) is 19.2. The minimum absolute atomic E-state index is 0.00883. The van der Waals surface area contributed by atoms with Crippen LogP contribution in [0.15, 0.2) is 48.5 Å². The van der Waals surface area contributed by atoms with Crippen molar-refractivity contribution in [1.82, 2.24) is 0 Å². The van der Waals surface area contributed by atoms with Gasteiger partial charge in [-0.2, -0.15) is 0 Å². The van der Waals surface area contributed by atoms with Gasteiger partial charge in [0.15, 0.2) is 0 Å². The predicted octanol–water partition coefficient (Wildman–Crippen LogP) is 3.08. The Balaban J connectivity index is 1.62. The highest BCUT2D eigenvalue weighted by atomic mass is 16.6. The molecule has 1 unspecified atom stereocenters. The van der Waals surface area contributed by atoms with E-state index in [0.717, 1.165) is 12.8 Å². The monoisotopic (exact) mass is 371 g/mol. The quantitative estimate of drug-likeness (QED) is 0.595. The second-order valence-corrected chi connectivity index (χ2v) is 6.35. The van der Waals surface area contributed by atoms with Gasteiger partial charge in [0.25, 0.3) is 5.69 Å². The van der Waals surface area contributed by atoms with Crippen LogP contribution < -0.4 is 15.8 Å². The summed E-state index contributed by atoms with van der Waals surface area (Å²) in [6.07, 6.45) is 1.55. The lowest BCUT2D eigenvalue weighted by atomic mass is 9.92. The molecule has 0 spiro atoms. The number of benzene rings is 2. The van der Waals surface area contributed by atoms with Crippen LogP contribution in [0.5, 0.6) is 11.5 Å². The van der Waals surface area contributed by atoms with E-state index in [1.165, 1.54) is 24.3 Å². The fraction of sp³-hybridized carbons (Fsp3) is 0.316. The van der Waals surface area contributed by atoms with Crippen LogP contribution in [0.3, 0.4) is 0 Å². The molecule has 8 nitrogen and oxygen atoms in total.